The van der Waals surface area contributed by atoms with Crippen molar-refractivity contribution in [3.8, 4) is 11.4 Å². The molecule has 3 aromatic heterocycles. The zero-order valence-corrected chi connectivity index (χ0v) is 22.0. The highest BCUT2D eigenvalue weighted by Crippen LogP contribution is 2.23. The standard InChI is InChI=1S/C28H31FN8O2/c1-18(2)37-17-32-22-11-6-19(14-23(22)37)15-31-28(38)39-13-5-3-4-12-36-16-33-24-25(30)34-26(35-27(24)36)20-7-9-21(29)10-8-20/h6-11,14,16-18H,3-5,12-13,15H2,1-2H3,(H,31,38)(H2,30,34,35). The number of amides is 1. The Kier molecular flexibility index (Phi) is 7.67. The van der Waals surface area contributed by atoms with Crippen molar-refractivity contribution in [1.29, 1.82) is 0 Å². The van der Waals surface area contributed by atoms with Gasteiger partial charge in [-0.3, -0.25) is 0 Å². The number of benzene rings is 2. The Morgan fingerprint density at radius 2 is 1.87 bits per heavy atom. The highest BCUT2D eigenvalue weighted by molar-refractivity contribution is 5.83. The van der Waals surface area contributed by atoms with Crippen LogP contribution in [0.3, 0.4) is 0 Å². The van der Waals surface area contributed by atoms with E-state index in [4.69, 9.17) is 10.5 Å². The fourth-order valence-corrected chi connectivity index (χ4v) is 4.40. The number of fused-ring (bicyclic) bond motifs is 2. The van der Waals surface area contributed by atoms with Gasteiger partial charge in [0.1, 0.15) is 11.3 Å². The van der Waals surface area contributed by atoms with Crippen LogP contribution in [0.4, 0.5) is 15.0 Å². The summed E-state index contributed by atoms with van der Waals surface area (Å²) in [4.78, 5) is 29.9. The molecule has 1 amide bonds. The lowest BCUT2D eigenvalue weighted by Crippen LogP contribution is -2.24. The number of nitrogens with zero attached hydrogens (tertiary/aromatic N) is 6. The van der Waals surface area contributed by atoms with Gasteiger partial charge >= 0.3 is 6.09 Å². The van der Waals surface area contributed by atoms with Crippen LogP contribution in [0.15, 0.2) is 55.1 Å². The Bertz CT molecular complexity index is 1590. The number of rotatable bonds is 10. The molecule has 0 aliphatic carbocycles. The fraction of sp³-hybridized carbons (Fsp3) is 0.321. The van der Waals surface area contributed by atoms with Gasteiger partial charge in [-0.15, -0.1) is 0 Å². The van der Waals surface area contributed by atoms with Gasteiger partial charge < -0.3 is 24.9 Å². The van der Waals surface area contributed by atoms with E-state index in [-0.39, 0.29) is 11.6 Å². The van der Waals surface area contributed by atoms with Gasteiger partial charge in [0.25, 0.3) is 0 Å². The van der Waals surface area contributed by atoms with Crippen LogP contribution in [0.2, 0.25) is 0 Å². The predicted octanol–water partition coefficient (Wildman–Crippen LogP) is 5.24. The molecule has 3 N–H and O–H groups in total. The number of unbranched alkanes of at least 4 members (excludes halogenated alkanes) is 2. The summed E-state index contributed by atoms with van der Waals surface area (Å²) in [6.07, 6.45) is 5.53. The summed E-state index contributed by atoms with van der Waals surface area (Å²) in [5.74, 6) is 0.377. The third kappa shape index (κ3) is 5.97. The summed E-state index contributed by atoms with van der Waals surface area (Å²) in [7, 11) is 0. The van der Waals surface area contributed by atoms with Gasteiger partial charge in [0.15, 0.2) is 17.3 Å². The van der Waals surface area contributed by atoms with Crippen LogP contribution in [-0.2, 0) is 17.8 Å². The number of hydrogen-bond donors (Lipinski definition) is 2. The van der Waals surface area contributed by atoms with Crippen molar-refractivity contribution in [3.05, 3.63) is 66.5 Å². The highest BCUT2D eigenvalue weighted by Gasteiger charge is 2.13. The van der Waals surface area contributed by atoms with Gasteiger partial charge in [-0.1, -0.05) is 6.07 Å². The van der Waals surface area contributed by atoms with E-state index in [0.29, 0.717) is 48.3 Å². The molecule has 2 aromatic carbocycles. The molecule has 0 spiro atoms. The molecule has 0 bridgehead atoms. The zero-order chi connectivity index (χ0) is 27.4. The first-order valence-corrected chi connectivity index (χ1v) is 13.0. The van der Waals surface area contributed by atoms with Gasteiger partial charge in [0.05, 0.1) is 30.3 Å². The number of halogens is 1. The van der Waals surface area contributed by atoms with E-state index in [1.807, 2.05) is 29.1 Å². The Labute approximate surface area is 225 Å². The quantitative estimate of drug-likeness (QED) is 0.236. The van der Waals surface area contributed by atoms with E-state index in [9.17, 15) is 9.18 Å². The summed E-state index contributed by atoms with van der Waals surface area (Å²) in [6.45, 7) is 5.61. The second kappa shape index (κ2) is 11.5. The van der Waals surface area contributed by atoms with Gasteiger partial charge in [-0.05, 0) is 75.1 Å². The van der Waals surface area contributed by atoms with E-state index in [1.54, 1.807) is 18.5 Å². The summed E-state index contributed by atoms with van der Waals surface area (Å²) >= 11 is 0. The van der Waals surface area contributed by atoms with Gasteiger partial charge in [0.2, 0.25) is 0 Å². The predicted molar refractivity (Wildman–Crippen MR) is 147 cm³/mol. The first-order chi connectivity index (χ1) is 18.9. The molecule has 10 nitrogen and oxygen atoms in total. The van der Waals surface area contributed by atoms with Crippen LogP contribution in [0.1, 0.15) is 44.7 Å². The Balaban J connectivity index is 1.07. The molecule has 39 heavy (non-hydrogen) atoms. The smallest absolute Gasteiger partial charge is 0.407 e. The molecule has 5 rings (SSSR count). The lowest BCUT2D eigenvalue weighted by atomic mass is 10.2. The van der Waals surface area contributed by atoms with E-state index >= 15 is 0 Å². The first kappa shape index (κ1) is 26.1. The fourth-order valence-electron chi connectivity index (χ4n) is 4.40. The summed E-state index contributed by atoms with van der Waals surface area (Å²) in [5.41, 5.74) is 10.9. The van der Waals surface area contributed by atoms with Crippen LogP contribution >= 0.6 is 0 Å². The molecule has 5 aromatic rings. The molecule has 0 aliphatic heterocycles. The van der Waals surface area contributed by atoms with Crippen molar-refractivity contribution < 1.29 is 13.9 Å². The zero-order valence-electron chi connectivity index (χ0n) is 22.0. The number of carbonyl (C=O) groups excluding carboxylic acids is 1. The van der Waals surface area contributed by atoms with Gasteiger partial charge in [0, 0.05) is 24.7 Å². The average Bonchev–Trinajstić information content (AvgIpc) is 3.54. The van der Waals surface area contributed by atoms with Crippen molar-refractivity contribution in [2.75, 3.05) is 12.3 Å². The molecule has 0 atom stereocenters. The van der Waals surface area contributed by atoms with Crippen molar-refractivity contribution in [2.24, 2.45) is 0 Å². The molecule has 0 saturated carbocycles. The monoisotopic (exact) mass is 530 g/mol. The number of aromatic nitrogens is 6. The largest absolute Gasteiger partial charge is 0.450 e. The number of imidazole rings is 2. The summed E-state index contributed by atoms with van der Waals surface area (Å²) in [5, 5.41) is 2.82. The molecule has 0 saturated heterocycles. The molecule has 0 fully saturated rings. The Morgan fingerprint density at radius 3 is 2.67 bits per heavy atom. The minimum absolute atomic E-state index is 0.281. The molecule has 0 aliphatic rings. The van der Waals surface area contributed by atoms with Gasteiger partial charge in [-0.2, -0.15) is 0 Å². The lowest BCUT2D eigenvalue weighted by Gasteiger charge is -2.10. The average molecular weight is 531 g/mol. The van der Waals surface area contributed by atoms with E-state index in [1.165, 1.54) is 12.1 Å². The minimum atomic E-state index is -0.437. The Hall–Kier alpha value is -4.54. The first-order valence-electron chi connectivity index (χ1n) is 13.0. The number of nitrogens with two attached hydrogens (primary N) is 1. The van der Waals surface area contributed by atoms with E-state index in [2.05, 4.69) is 43.7 Å². The van der Waals surface area contributed by atoms with E-state index < -0.39 is 6.09 Å². The lowest BCUT2D eigenvalue weighted by molar-refractivity contribution is 0.143. The van der Waals surface area contributed by atoms with Crippen molar-refractivity contribution in [2.45, 2.75) is 52.2 Å². The van der Waals surface area contributed by atoms with Crippen molar-refractivity contribution >= 4 is 34.1 Å². The van der Waals surface area contributed by atoms with Crippen LogP contribution in [0.5, 0.6) is 0 Å². The van der Waals surface area contributed by atoms with Gasteiger partial charge in [-0.25, -0.2) is 29.1 Å². The SMILES string of the molecule is CC(C)n1cnc2ccc(CNC(=O)OCCCCCn3cnc4c(N)nc(-c5ccc(F)cc5)nc43)cc21. The number of ether oxygens (including phenoxy) is 1. The third-order valence-electron chi connectivity index (χ3n) is 6.50. The van der Waals surface area contributed by atoms with Crippen LogP contribution in [0.25, 0.3) is 33.6 Å². The number of carbonyl (C=O) groups is 1. The topological polar surface area (TPSA) is 126 Å². The molecule has 0 radical (unpaired) electrons. The number of hydrogen-bond acceptors (Lipinski definition) is 7. The minimum Gasteiger partial charge on any atom is -0.450 e. The maximum absolute atomic E-state index is 13.3. The number of nitrogen functional groups attached to an aromatic ring is 1. The number of aryl methyl sites for hydroxylation is 1. The molecule has 11 heteroatoms. The van der Waals surface area contributed by atoms with Crippen molar-refractivity contribution in [1.82, 2.24) is 34.4 Å². The van der Waals surface area contributed by atoms with Crippen LogP contribution < -0.4 is 11.1 Å². The molecule has 0 unspecified atom stereocenters. The maximum Gasteiger partial charge on any atom is 0.407 e. The molecule has 202 valence electrons. The van der Waals surface area contributed by atoms with E-state index in [0.717, 1.165) is 35.9 Å². The number of anilines is 1. The number of nitrogens with one attached hydrogen (secondary N) is 1. The summed E-state index contributed by atoms with van der Waals surface area (Å²) < 4.78 is 22.7. The van der Waals surface area contributed by atoms with Crippen LogP contribution in [0, 0.1) is 5.82 Å². The normalized spacial score (nSPS) is 11.5. The maximum atomic E-state index is 13.3. The second-order valence-corrected chi connectivity index (χ2v) is 9.67. The number of alkyl carbamates (subject to hydrolysis) is 1. The van der Waals surface area contributed by atoms with Crippen LogP contribution in [-0.4, -0.2) is 41.8 Å². The summed E-state index contributed by atoms with van der Waals surface area (Å²) in [6, 6.07) is 12.2. The second-order valence-electron chi connectivity index (χ2n) is 9.67. The third-order valence-corrected chi connectivity index (χ3v) is 6.50. The Morgan fingerprint density at radius 1 is 1.05 bits per heavy atom. The highest BCUT2D eigenvalue weighted by atomic mass is 19.1. The van der Waals surface area contributed by atoms with Crippen molar-refractivity contribution in [3.63, 3.8) is 0 Å². The molecule has 3 heterocycles. The molecular weight excluding hydrogens is 499 g/mol. The molecular formula is C28H31FN8O2.